The van der Waals surface area contributed by atoms with Crippen molar-refractivity contribution in [2.75, 3.05) is 16.0 Å². The number of anilines is 4. The minimum atomic E-state index is -0.362. The van der Waals surface area contributed by atoms with E-state index in [-0.39, 0.29) is 17.5 Å². The van der Waals surface area contributed by atoms with E-state index in [4.69, 9.17) is 11.6 Å². The lowest BCUT2D eigenvalue weighted by Gasteiger charge is -2.10. The average molecular weight is 381 g/mol. The fourth-order valence-electron chi connectivity index (χ4n) is 2.43. The van der Waals surface area contributed by atoms with Crippen LogP contribution < -0.4 is 16.0 Å². The predicted molar refractivity (Wildman–Crippen MR) is 108 cm³/mol. The van der Waals surface area contributed by atoms with E-state index in [0.29, 0.717) is 22.1 Å². The maximum absolute atomic E-state index is 12.4. The molecule has 3 aromatic rings. The zero-order valence-corrected chi connectivity index (χ0v) is 15.2. The Morgan fingerprint density at radius 2 is 1.63 bits per heavy atom. The molecule has 0 radical (unpaired) electrons. The number of rotatable bonds is 5. The number of amides is 2. The highest BCUT2D eigenvalue weighted by molar-refractivity contribution is 6.33. The molecule has 0 aliphatic rings. The molecule has 0 aliphatic carbocycles. The van der Waals surface area contributed by atoms with Gasteiger partial charge >= 0.3 is 0 Å². The van der Waals surface area contributed by atoms with Crippen LogP contribution in [0.5, 0.6) is 0 Å². The van der Waals surface area contributed by atoms with E-state index >= 15 is 0 Å². The van der Waals surface area contributed by atoms with Gasteiger partial charge in [0, 0.05) is 30.2 Å². The van der Waals surface area contributed by atoms with E-state index in [1.54, 1.807) is 54.7 Å². The van der Waals surface area contributed by atoms with Crippen molar-refractivity contribution < 1.29 is 9.59 Å². The molecule has 7 heteroatoms. The maximum Gasteiger partial charge on any atom is 0.274 e. The lowest BCUT2D eigenvalue weighted by Crippen LogP contribution is -2.14. The summed E-state index contributed by atoms with van der Waals surface area (Å²) >= 11 is 6.07. The van der Waals surface area contributed by atoms with E-state index in [9.17, 15) is 9.59 Å². The van der Waals surface area contributed by atoms with Crippen molar-refractivity contribution in [3.05, 3.63) is 77.6 Å². The smallest absolute Gasteiger partial charge is 0.274 e. The Morgan fingerprint density at radius 1 is 0.889 bits per heavy atom. The molecule has 0 fully saturated rings. The molecule has 0 atom stereocenters. The highest BCUT2D eigenvalue weighted by Crippen LogP contribution is 2.23. The lowest BCUT2D eigenvalue weighted by atomic mass is 10.2. The van der Waals surface area contributed by atoms with Crippen LogP contribution in [0.25, 0.3) is 0 Å². The summed E-state index contributed by atoms with van der Waals surface area (Å²) in [4.78, 5) is 27.7. The van der Waals surface area contributed by atoms with Gasteiger partial charge < -0.3 is 16.0 Å². The van der Waals surface area contributed by atoms with Gasteiger partial charge in [0.05, 0.1) is 10.7 Å². The maximum atomic E-state index is 12.4. The Labute approximate surface area is 161 Å². The minimum Gasteiger partial charge on any atom is -0.355 e. The van der Waals surface area contributed by atoms with Crippen LogP contribution in [0.1, 0.15) is 17.4 Å². The first-order valence-electron chi connectivity index (χ1n) is 8.18. The second kappa shape index (κ2) is 8.33. The molecule has 136 valence electrons. The SMILES string of the molecule is CC(=O)Nc1cccc(Nc2ccnc(C(=O)Nc3ccccc3Cl)c2)c1. The summed E-state index contributed by atoms with van der Waals surface area (Å²) in [5, 5.41) is 9.11. The molecule has 1 aromatic heterocycles. The standard InChI is InChI=1S/C20H17ClN4O2/c1-13(26)23-14-5-4-6-15(11-14)24-16-9-10-22-19(12-16)20(27)25-18-8-3-2-7-17(18)21/h2-12H,1H3,(H,22,24)(H,23,26)(H,25,27). The molecule has 3 rings (SSSR count). The number of nitrogens with zero attached hydrogens (tertiary/aromatic N) is 1. The Kier molecular flexibility index (Phi) is 5.68. The molecular weight excluding hydrogens is 364 g/mol. The first kappa shape index (κ1) is 18.4. The van der Waals surface area contributed by atoms with Crippen LogP contribution in [0.3, 0.4) is 0 Å². The number of aromatic nitrogens is 1. The van der Waals surface area contributed by atoms with Crippen LogP contribution in [0.2, 0.25) is 5.02 Å². The van der Waals surface area contributed by atoms with Gasteiger partial charge in [0.15, 0.2) is 0 Å². The molecule has 27 heavy (non-hydrogen) atoms. The number of pyridine rings is 1. The van der Waals surface area contributed by atoms with Gasteiger partial charge in [-0.05, 0) is 42.5 Å². The molecular formula is C20H17ClN4O2. The first-order chi connectivity index (χ1) is 13.0. The molecule has 0 saturated heterocycles. The number of hydrogen-bond acceptors (Lipinski definition) is 4. The molecule has 2 amide bonds. The predicted octanol–water partition coefficient (Wildman–Crippen LogP) is 4.69. The van der Waals surface area contributed by atoms with Crippen LogP contribution in [-0.2, 0) is 4.79 Å². The van der Waals surface area contributed by atoms with Gasteiger partial charge in [0.1, 0.15) is 5.69 Å². The van der Waals surface area contributed by atoms with Crippen molar-refractivity contribution in [3.63, 3.8) is 0 Å². The summed E-state index contributed by atoms with van der Waals surface area (Å²) in [5.41, 5.74) is 2.91. The number of para-hydroxylation sites is 1. The third-order valence-corrected chi connectivity index (χ3v) is 3.92. The first-order valence-corrected chi connectivity index (χ1v) is 8.56. The molecule has 0 spiro atoms. The monoisotopic (exact) mass is 380 g/mol. The van der Waals surface area contributed by atoms with Crippen LogP contribution in [0, 0.1) is 0 Å². The second-order valence-electron chi connectivity index (χ2n) is 5.75. The van der Waals surface area contributed by atoms with Gasteiger partial charge in [-0.1, -0.05) is 29.8 Å². The Balaban J connectivity index is 1.75. The Bertz CT molecular complexity index is 991. The van der Waals surface area contributed by atoms with Gasteiger partial charge in [0.25, 0.3) is 5.91 Å². The normalized spacial score (nSPS) is 10.1. The van der Waals surface area contributed by atoms with E-state index in [1.807, 2.05) is 12.1 Å². The van der Waals surface area contributed by atoms with Crippen LogP contribution in [0.15, 0.2) is 66.9 Å². The van der Waals surface area contributed by atoms with Crippen molar-refractivity contribution in [2.24, 2.45) is 0 Å². The lowest BCUT2D eigenvalue weighted by molar-refractivity contribution is -0.114. The molecule has 0 unspecified atom stereocenters. The van der Waals surface area contributed by atoms with Crippen LogP contribution >= 0.6 is 11.6 Å². The summed E-state index contributed by atoms with van der Waals surface area (Å²) in [6, 6.07) is 17.6. The van der Waals surface area contributed by atoms with Gasteiger partial charge in [-0.15, -0.1) is 0 Å². The number of benzene rings is 2. The van der Waals surface area contributed by atoms with E-state index < -0.39 is 0 Å². The molecule has 0 bridgehead atoms. The number of hydrogen-bond donors (Lipinski definition) is 3. The summed E-state index contributed by atoms with van der Waals surface area (Å²) in [7, 11) is 0. The minimum absolute atomic E-state index is 0.144. The highest BCUT2D eigenvalue weighted by atomic mass is 35.5. The molecule has 0 saturated carbocycles. The average Bonchev–Trinajstić information content (AvgIpc) is 2.63. The Morgan fingerprint density at radius 3 is 2.41 bits per heavy atom. The quantitative estimate of drug-likeness (QED) is 0.599. The summed E-state index contributed by atoms with van der Waals surface area (Å²) in [6.07, 6.45) is 1.54. The van der Waals surface area contributed by atoms with Gasteiger partial charge in [-0.25, -0.2) is 0 Å². The number of carbonyl (C=O) groups excluding carboxylic acids is 2. The highest BCUT2D eigenvalue weighted by Gasteiger charge is 2.10. The molecule has 1 heterocycles. The zero-order chi connectivity index (χ0) is 19.2. The topological polar surface area (TPSA) is 83.1 Å². The second-order valence-corrected chi connectivity index (χ2v) is 6.16. The molecule has 6 nitrogen and oxygen atoms in total. The summed E-state index contributed by atoms with van der Waals surface area (Å²) in [6.45, 7) is 1.45. The molecule has 3 N–H and O–H groups in total. The third-order valence-electron chi connectivity index (χ3n) is 3.59. The van der Waals surface area contributed by atoms with E-state index in [2.05, 4.69) is 20.9 Å². The molecule has 2 aromatic carbocycles. The fourth-order valence-corrected chi connectivity index (χ4v) is 2.61. The fraction of sp³-hybridized carbons (Fsp3) is 0.0500. The van der Waals surface area contributed by atoms with Crippen LogP contribution in [0.4, 0.5) is 22.7 Å². The van der Waals surface area contributed by atoms with Gasteiger partial charge in [-0.3, -0.25) is 14.6 Å². The van der Waals surface area contributed by atoms with E-state index in [0.717, 1.165) is 5.69 Å². The number of halogens is 1. The largest absolute Gasteiger partial charge is 0.355 e. The van der Waals surface area contributed by atoms with Gasteiger partial charge in [0.2, 0.25) is 5.91 Å². The Hall–Kier alpha value is -3.38. The third kappa shape index (κ3) is 5.05. The van der Waals surface area contributed by atoms with Crippen molar-refractivity contribution in [1.29, 1.82) is 0 Å². The molecule has 0 aliphatic heterocycles. The number of carbonyl (C=O) groups is 2. The summed E-state index contributed by atoms with van der Waals surface area (Å²) in [5.74, 6) is -0.506. The zero-order valence-electron chi connectivity index (χ0n) is 14.5. The van der Waals surface area contributed by atoms with Crippen molar-refractivity contribution >= 4 is 46.2 Å². The van der Waals surface area contributed by atoms with Crippen LogP contribution in [-0.4, -0.2) is 16.8 Å². The van der Waals surface area contributed by atoms with Crippen molar-refractivity contribution in [1.82, 2.24) is 4.98 Å². The van der Waals surface area contributed by atoms with Gasteiger partial charge in [-0.2, -0.15) is 0 Å². The van der Waals surface area contributed by atoms with Crippen molar-refractivity contribution in [2.45, 2.75) is 6.92 Å². The number of nitrogens with one attached hydrogen (secondary N) is 3. The van der Waals surface area contributed by atoms with E-state index in [1.165, 1.54) is 6.92 Å². The summed E-state index contributed by atoms with van der Waals surface area (Å²) < 4.78 is 0. The van der Waals surface area contributed by atoms with Crippen molar-refractivity contribution in [3.8, 4) is 0 Å².